The van der Waals surface area contributed by atoms with Crippen LogP contribution in [-0.4, -0.2) is 5.11 Å². The van der Waals surface area contributed by atoms with Gasteiger partial charge in [0.25, 0.3) is 0 Å². The zero-order valence-electron chi connectivity index (χ0n) is 13.6. The summed E-state index contributed by atoms with van der Waals surface area (Å²) < 4.78 is 2.00. The predicted octanol–water partition coefficient (Wildman–Crippen LogP) is 6.72. The second-order valence-electron chi connectivity index (χ2n) is 5.63. The van der Waals surface area contributed by atoms with Gasteiger partial charge in [0.1, 0.15) is 0 Å². The highest BCUT2D eigenvalue weighted by Crippen LogP contribution is 2.42. The summed E-state index contributed by atoms with van der Waals surface area (Å²) in [7, 11) is 0. The number of anilines is 1. The number of hydrogen-bond donors (Lipinski definition) is 1. The molecular weight excluding hydrogens is 373 g/mol. The van der Waals surface area contributed by atoms with Crippen LogP contribution in [0, 0.1) is 6.92 Å². The monoisotopic (exact) mass is 389 g/mol. The Morgan fingerprint density at radius 1 is 0.960 bits per heavy atom. The van der Waals surface area contributed by atoms with Crippen LogP contribution < -0.4 is 4.31 Å². The van der Waals surface area contributed by atoms with Gasteiger partial charge >= 0.3 is 0 Å². The number of rotatable bonds is 5. The Morgan fingerprint density at radius 3 is 2.36 bits per heavy atom. The number of benzene rings is 3. The number of hydrogen-bond acceptors (Lipinski definition) is 3. The molecule has 0 heterocycles. The fourth-order valence-electron chi connectivity index (χ4n) is 2.44. The SMILES string of the molecule is Cc1ccccc1SN(Cc1ccccc1)c1cc(Cl)cc(Cl)c1O. The predicted molar refractivity (Wildman–Crippen MR) is 108 cm³/mol. The Bertz CT molecular complexity index is 871. The summed E-state index contributed by atoms with van der Waals surface area (Å²) >= 11 is 13.9. The van der Waals surface area contributed by atoms with Crippen LogP contribution in [0.5, 0.6) is 5.75 Å². The van der Waals surface area contributed by atoms with Crippen molar-refractivity contribution >= 4 is 40.8 Å². The summed E-state index contributed by atoms with van der Waals surface area (Å²) in [5.74, 6) is 0.0306. The molecule has 3 aromatic rings. The molecule has 128 valence electrons. The highest BCUT2D eigenvalue weighted by atomic mass is 35.5. The van der Waals surface area contributed by atoms with E-state index in [1.54, 1.807) is 24.1 Å². The van der Waals surface area contributed by atoms with Crippen LogP contribution in [0.1, 0.15) is 11.1 Å². The molecule has 0 fully saturated rings. The van der Waals surface area contributed by atoms with Crippen LogP contribution >= 0.6 is 35.1 Å². The minimum Gasteiger partial charge on any atom is -0.504 e. The Hall–Kier alpha value is -1.81. The first-order valence-electron chi connectivity index (χ1n) is 7.77. The zero-order valence-corrected chi connectivity index (χ0v) is 15.9. The van der Waals surface area contributed by atoms with Crippen molar-refractivity contribution in [2.45, 2.75) is 18.4 Å². The lowest BCUT2D eigenvalue weighted by atomic mass is 10.2. The molecule has 5 heteroatoms. The van der Waals surface area contributed by atoms with Crippen molar-refractivity contribution in [3.63, 3.8) is 0 Å². The fourth-order valence-corrected chi connectivity index (χ4v) is 3.96. The first-order valence-corrected chi connectivity index (χ1v) is 9.30. The number of aromatic hydroxyl groups is 1. The number of halogens is 2. The van der Waals surface area contributed by atoms with Crippen LogP contribution in [0.15, 0.2) is 71.6 Å². The van der Waals surface area contributed by atoms with Crippen LogP contribution in [0.2, 0.25) is 10.0 Å². The molecule has 0 aliphatic heterocycles. The second-order valence-corrected chi connectivity index (χ2v) is 7.54. The maximum Gasteiger partial charge on any atom is 0.158 e. The first-order chi connectivity index (χ1) is 12.0. The summed E-state index contributed by atoms with van der Waals surface area (Å²) in [4.78, 5) is 1.11. The molecule has 3 rings (SSSR count). The van der Waals surface area contributed by atoms with E-state index in [1.807, 2.05) is 34.6 Å². The molecule has 2 nitrogen and oxygen atoms in total. The average molecular weight is 390 g/mol. The van der Waals surface area contributed by atoms with Crippen LogP contribution in [-0.2, 0) is 6.54 Å². The van der Waals surface area contributed by atoms with E-state index in [0.717, 1.165) is 16.0 Å². The molecule has 0 aliphatic rings. The van der Waals surface area contributed by atoms with Crippen molar-refractivity contribution in [2.24, 2.45) is 0 Å². The molecule has 0 aliphatic carbocycles. The summed E-state index contributed by atoms with van der Waals surface area (Å²) in [6.07, 6.45) is 0. The van der Waals surface area contributed by atoms with E-state index in [-0.39, 0.29) is 10.8 Å². The molecule has 0 unspecified atom stereocenters. The van der Waals surface area contributed by atoms with Crippen molar-refractivity contribution in [1.29, 1.82) is 0 Å². The van der Waals surface area contributed by atoms with E-state index in [9.17, 15) is 5.11 Å². The van der Waals surface area contributed by atoms with Crippen molar-refractivity contribution in [1.82, 2.24) is 0 Å². The molecule has 0 bridgehead atoms. The van der Waals surface area contributed by atoms with E-state index in [1.165, 1.54) is 0 Å². The smallest absolute Gasteiger partial charge is 0.158 e. The number of nitrogens with zero attached hydrogens (tertiary/aromatic N) is 1. The van der Waals surface area contributed by atoms with E-state index < -0.39 is 0 Å². The van der Waals surface area contributed by atoms with Gasteiger partial charge in [-0.15, -0.1) is 0 Å². The van der Waals surface area contributed by atoms with Crippen LogP contribution in [0.3, 0.4) is 0 Å². The van der Waals surface area contributed by atoms with E-state index in [2.05, 4.69) is 31.2 Å². The summed E-state index contributed by atoms with van der Waals surface area (Å²) in [5.41, 5.74) is 2.88. The van der Waals surface area contributed by atoms with Gasteiger partial charge in [-0.3, -0.25) is 0 Å². The third kappa shape index (κ3) is 4.43. The van der Waals surface area contributed by atoms with Gasteiger partial charge in [0.2, 0.25) is 0 Å². The molecular formula is C20H17Cl2NOS. The fraction of sp³-hybridized carbons (Fsp3) is 0.100. The van der Waals surface area contributed by atoms with E-state index in [4.69, 9.17) is 23.2 Å². The third-order valence-electron chi connectivity index (χ3n) is 3.75. The second kappa shape index (κ2) is 8.05. The Morgan fingerprint density at radius 2 is 1.64 bits per heavy atom. The van der Waals surface area contributed by atoms with Gasteiger partial charge in [-0.2, -0.15) is 0 Å². The Kier molecular flexibility index (Phi) is 5.79. The third-order valence-corrected chi connectivity index (χ3v) is 5.46. The van der Waals surface area contributed by atoms with Crippen molar-refractivity contribution in [2.75, 3.05) is 4.31 Å². The largest absolute Gasteiger partial charge is 0.504 e. The quantitative estimate of drug-likeness (QED) is 0.489. The lowest BCUT2D eigenvalue weighted by Crippen LogP contribution is -2.14. The molecule has 0 saturated carbocycles. The summed E-state index contributed by atoms with van der Waals surface area (Å²) in [6.45, 7) is 2.66. The molecule has 0 atom stereocenters. The van der Waals surface area contributed by atoms with E-state index in [0.29, 0.717) is 17.3 Å². The molecule has 0 radical (unpaired) electrons. The lowest BCUT2D eigenvalue weighted by molar-refractivity contribution is 0.476. The van der Waals surface area contributed by atoms with Crippen molar-refractivity contribution in [3.8, 4) is 5.75 Å². The number of phenolic OH excluding ortho intramolecular Hbond substituents is 1. The maximum absolute atomic E-state index is 10.5. The van der Waals surface area contributed by atoms with Gasteiger partial charge < -0.3 is 9.41 Å². The number of phenols is 1. The summed E-state index contributed by atoms with van der Waals surface area (Å²) in [6, 6.07) is 21.5. The van der Waals surface area contributed by atoms with Gasteiger partial charge in [-0.25, -0.2) is 0 Å². The maximum atomic E-state index is 10.5. The normalized spacial score (nSPS) is 10.7. The standard InChI is InChI=1S/C20H17Cl2NOS/c1-14-7-5-6-10-19(14)25-23(13-15-8-3-2-4-9-15)18-12-16(21)11-17(22)20(18)24/h2-12,24H,13H2,1H3. The molecule has 0 spiro atoms. The summed E-state index contributed by atoms with van der Waals surface area (Å²) in [5, 5.41) is 11.2. The molecule has 0 amide bonds. The van der Waals surface area contributed by atoms with Crippen LogP contribution in [0.25, 0.3) is 0 Å². The molecule has 0 aromatic heterocycles. The zero-order chi connectivity index (χ0) is 17.8. The molecule has 25 heavy (non-hydrogen) atoms. The van der Waals surface area contributed by atoms with Crippen molar-refractivity contribution < 1.29 is 5.11 Å². The molecule has 0 saturated heterocycles. The van der Waals surface area contributed by atoms with Gasteiger partial charge in [0.05, 0.1) is 17.3 Å². The Labute approximate surface area is 162 Å². The molecule has 3 aromatic carbocycles. The van der Waals surface area contributed by atoms with Gasteiger partial charge in [-0.05, 0) is 48.2 Å². The average Bonchev–Trinajstić information content (AvgIpc) is 2.60. The molecule has 1 N–H and O–H groups in total. The minimum atomic E-state index is 0.0306. The van der Waals surface area contributed by atoms with Gasteiger partial charge in [0.15, 0.2) is 5.75 Å². The van der Waals surface area contributed by atoms with Gasteiger partial charge in [-0.1, -0.05) is 71.7 Å². The van der Waals surface area contributed by atoms with Gasteiger partial charge in [0, 0.05) is 9.92 Å². The first kappa shape index (κ1) is 18.0. The van der Waals surface area contributed by atoms with Crippen LogP contribution in [0.4, 0.5) is 5.69 Å². The lowest BCUT2D eigenvalue weighted by Gasteiger charge is -2.25. The minimum absolute atomic E-state index is 0.0306. The van der Waals surface area contributed by atoms with E-state index >= 15 is 0 Å². The van der Waals surface area contributed by atoms with Crippen molar-refractivity contribution in [3.05, 3.63) is 87.9 Å². The highest BCUT2D eigenvalue weighted by Gasteiger charge is 2.18. The highest BCUT2D eigenvalue weighted by molar-refractivity contribution is 8.00. The topological polar surface area (TPSA) is 23.5 Å². The Balaban J connectivity index is 2.01. The number of aryl methyl sites for hydroxylation is 1.